The molecule has 0 radical (unpaired) electrons. The molecule has 0 aliphatic carbocycles. The van der Waals surface area contributed by atoms with Gasteiger partial charge in [0.25, 0.3) is 5.91 Å². The number of ether oxygens (including phenoxy) is 2. The molecule has 0 fully saturated rings. The van der Waals surface area contributed by atoms with Crippen molar-refractivity contribution in [3.63, 3.8) is 0 Å². The summed E-state index contributed by atoms with van der Waals surface area (Å²) in [4.78, 5) is 24.1. The van der Waals surface area contributed by atoms with Gasteiger partial charge in [0.2, 0.25) is 0 Å². The van der Waals surface area contributed by atoms with E-state index in [-0.39, 0.29) is 11.7 Å². The number of methoxy groups -OCH3 is 2. The van der Waals surface area contributed by atoms with Gasteiger partial charge in [-0.2, -0.15) is 0 Å². The number of aryl methyl sites for hydroxylation is 1. The van der Waals surface area contributed by atoms with Crippen molar-refractivity contribution in [1.82, 2.24) is 0 Å². The quantitative estimate of drug-likeness (QED) is 0.821. The van der Waals surface area contributed by atoms with E-state index in [4.69, 9.17) is 9.47 Å². The van der Waals surface area contributed by atoms with E-state index in [0.29, 0.717) is 34.7 Å². The van der Waals surface area contributed by atoms with Crippen LogP contribution in [0.3, 0.4) is 0 Å². The molecule has 0 aliphatic heterocycles. The van der Waals surface area contributed by atoms with Gasteiger partial charge >= 0.3 is 0 Å². The Bertz CT molecular complexity index is 768. The molecule has 0 saturated heterocycles. The highest BCUT2D eigenvalue weighted by Crippen LogP contribution is 2.31. The third-order valence-corrected chi connectivity index (χ3v) is 3.76. The number of nitrogens with one attached hydrogen (secondary N) is 1. The van der Waals surface area contributed by atoms with Crippen molar-refractivity contribution in [3.05, 3.63) is 53.1 Å². The van der Waals surface area contributed by atoms with E-state index in [1.165, 1.54) is 14.0 Å². The van der Waals surface area contributed by atoms with Crippen molar-refractivity contribution >= 4 is 17.4 Å². The third-order valence-electron chi connectivity index (χ3n) is 3.76. The van der Waals surface area contributed by atoms with E-state index in [2.05, 4.69) is 5.32 Å². The van der Waals surface area contributed by atoms with Crippen molar-refractivity contribution in [2.24, 2.45) is 0 Å². The second-order valence-corrected chi connectivity index (χ2v) is 5.31. The normalized spacial score (nSPS) is 10.2. The Labute approximate surface area is 141 Å². The van der Waals surface area contributed by atoms with E-state index in [0.717, 1.165) is 5.56 Å². The Morgan fingerprint density at radius 3 is 2.29 bits per heavy atom. The van der Waals surface area contributed by atoms with Crippen LogP contribution in [0.4, 0.5) is 5.69 Å². The summed E-state index contributed by atoms with van der Waals surface area (Å²) in [5.41, 5.74) is 2.50. The van der Waals surface area contributed by atoms with Crippen molar-refractivity contribution < 1.29 is 19.1 Å². The fourth-order valence-corrected chi connectivity index (χ4v) is 2.44. The van der Waals surface area contributed by atoms with Crippen LogP contribution in [0.15, 0.2) is 36.4 Å². The molecule has 24 heavy (non-hydrogen) atoms. The number of benzene rings is 2. The van der Waals surface area contributed by atoms with Crippen LogP contribution in [0.25, 0.3) is 0 Å². The van der Waals surface area contributed by atoms with Crippen molar-refractivity contribution in [1.29, 1.82) is 0 Å². The third kappa shape index (κ3) is 3.74. The maximum Gasteiger partial charge on any atom is 0.256 e. The number of hydrogen-bond acceptors (Lipinski definition) is 4. The molecule has 126 valence electrons. The van der Waals surface area contributed by atoms with Gasteiger partial charge in [-0.3, -0.25) is 9.59 Å². The Morgan fingerprint density at radius 2 is 1.71 bits per heavy atom. The second-order valence-electron chi connectivity index (χ2n) is 5.31. The van der Waals surface area contributed by atoms with Gasteiger partial charge in [0, 0.05) is 16.8 Å². The molecular weight excluding hydrogens is 306 g/mol. The van der Waals surface area contributed by atoms with Crippen LogP contribution >= 0.6 is 0 Å². The molecule has 5 nitrogen and oxygen atoms in total. The number of amides is 1. The first-order valence-electron chi connectivity index (χ1n) is 7.67. The van der Waals surface area contributed by atoms with Crippen LogP contribution in [-0.4, -0.2) is 25.9 Å². The molecule has 0 aromatic heterocycles. The lowest BCUT2D eigenvalue weighted by molar-refractivity contribution is 0.101. The first-order chi connectivity index (χ1) is 11.5. The summed E-state index contributed by atoms with van der Waals surface area (Å²) in [5.74, 6) is 0.779. The van der Waals surface area contributed by atoms with E-state index in [1.54, 1.807) is 43.5 Å². The summed E-state index contributed by atoms with van der Waals surface area (Å²) in [6, 6.07) is 10.3. The smallest absolute Gasteiger partial charge is 0.256 e. The van der Waals surface area contributed by atoms with E-state index in [1.807, 2.05) is 6.92 Å². The minimum Gasteiger partial charge on any atom is -0.493 e. The monoisotopic (exact) mass is 327 g/mol. The first-order valence-corrected chi connectivity index (χ1v) is 7.67. The minimum absolute atomic E-state index is 0.0496. The first kappa shape index (κ1) is 17.5. The molecule has 2 aromatic carbocycles. The highest BCUT2D eigenvalue weighted by atomic mass is 16.5. The maximum atomic E-state index is 12.7. The van der Waals surface area contributed by atoms with Crippen LogP contribution < -0.4 is 14.8 Å². The molecule has 0 saturated carbocycles. The average molecular weight is 327 g/mol. The maximum absolute atomic E-state index is 12.7. The zero-order chi connectivity index (χ0) is 17.7. The van der Waals surface area contributed by atoms with Gasteiger partial charge < -0.3 is 14.8 Å². The number of anilines is 1. The number of carbonyl (C=O) groups excluding carboxylic acids is 2. The molecule has 0 atom stereocenters. The van der Waals surface area contributed by atoms with Crippen LogP contribution in [0, 0.1) is 0 Å². The summed E-state index contributed by atoms with van der Waals surface area (Å²) in [7, 11) is 3.09. The standard InChI is InChI=1S/C19H21NO4/c1-5-13-10-17(23-3)18(24-4)11-16(13)19(22)20-15-8-6-7-14(9-15)12(2)21/h6-11H,5H2,1-4H3,(H,20,22). The van der Waals surface area contributed by atoms with Gasteiger partial charge in [0.15, 0.2) is 17.3 Å². The number of carbonyl (C=O) groups is 2. The number of hydrogen-bond donors (Lipinski definition) is 1. The minimum atomic E-state index is -0.256. The molecule has 0 bridgehead atoms. The summed E-state index contributed by atoms with van der Waals surface area (Å²) in [5, 5.41) is 2.83. The summed E-state index contributed by atoms with van der Waals surface area (Å²) < 4.78 is 10.6. The van der Waals surface area contributed by atoms with Crippen LogP contribution in [0.1, 0.15) is 40.1 Å². The molecule has 0 unspecified atom stereocenters. The molecule has 0 aliphatic rings. The zero-order valence-corrected chi connectivity index (χ0v) is 14.3. The predicted molar refractivity (Wildman–Crippen MR) is 93.3 cm³/mol. The molecule has 2 rings (SSSR count). The molecule has 0 heterocycles. The predicted octanol–water partition coefficient (Wildman–Crippen LogP) is 3.72. The second kappa shape index (κ2) is 7.64. The van der Waals surface area contributed by atoms with Crippen LogP contribution in [0.2, 0.25) is 0 Å². The average Bonchev–Trinajstić information content (AvgIpc) is 2.60. The Hall–Kier alpha value is -2.82. The number of Topliss-reactive ketones (excluding diaryl/α,β-unsaturated/α-hetero) is 1. The van der Waals surface area contributed by atoms with Gasteiger partial charge in [0.1, 0.15) is 0 Å². The molecule has 1 amide bonds. The summed E-state index contributed by atoms with van der Waals surface area (Å²) >= 11 is 0. The van der Waals surface area contributed by atoms with Crippen molar-refractivity contribution in [2.45, 2.75) is 20.3 Å². The lowest BCUT2D eigenvalue weighted by Gasteiger charge is -2.14. The largest absolute Gasteiger partial charge is 0.493 e. The van der Waals surface area contributed by atoms with Crippen LogP contribution in [-0.2, 0) is 6.42 Å². The fourth-order valence-electron chi connectivity index (χ4n) is 2.44. The molecule has 1 N–H and O–H groups in total. The topological polar surface area (TPSA) is 64.6 Å². The van der Waals surface area contributed by atoms with E-state index in [9.17, 15) is 9.59 Å². The molecule has 5 heteroatoms. The number of ketones is 1. The SMILES string of the molecule is CCc1cc(OC)c(OC)cc1C(=O)Nc1cccc(C(C)=O)c1. The Morgan fingerprint density at radius 1 is 1.04 bits per heavy atom. The van der Waals surface area contributed by atoms with Crippen molar-refractivity contribution in [3.8, 4) is 11.5 Å². The van der Waals surface area contributed by atoms with Crippen LogP contribution in [0.5, 0.6) is 11.5 Å². The Kier molecular flexibility index (Phi) is 5.58. The van der Waals surface area contributed by atoms with Gasteiger partial charge in [-0.25, -0.2) is 0 Å². The highest BCUT2D eigenvalue weighted by Gasteiger charge is 2.16. The lowest BCUT2D eigenvalue weighted by Crippen LogP contribution is -2.15. The Balaban J connectivity index is 2.35. The fraction of sp³-hybridized carbons (Fsp3) is 0.263. The lowest BCUT2D eigenvalue weighted by atomic mass is 10.0. The van der Waals surface area contributed by atoms with Gasteiger partial charge in [0.05, 0.1) is 14.2 Å². The molecule has 0 spiro atoms. The number of rotatable bonds is 6. The van der Waals surface area contributed by atoms with Gasteiger partial charge in [-0.15, -0.1) is 0 Å². The molecule has 2 aromatic rings. The van der Waals surface area contributed by atoms with E-state index >= 15 is 0 Å². The highest BCUT2D eigenvalue weighted by molar-refractivity contribution is 6.06. The zero-order valence-electron chi connectivity index (χ0n) is 14.3. The molecular formula is C19H21NO4. The van der Waals surface area contributed by atoms with Gasteiger partial charge in [-0.05, 0) is 43.2 Å². The van der Waals surface area contributed by atoms with E-state index < -0.39 is 0 Å². The van der Waals surface area contributed by atoms with Gasteiger partial charge in [-0.1, -0.05) is 19.1 Å². The summed E-state index contributed by atoms with van der Waals surface area (Å²) in [6.45, 7) is 3.46. The van der Waals surface area contributed by atoms with Crippen molar-refractivity contribution in [2.75, 3.05) is 19.5 Å². The summed E-state index contributed by atoms with van der Waals surface area (Å²) in [6.07, 6.45) is 0.677.